The Balaban J connectivity index is 2.78. The van der Waals surface area contributed by atoms with Gasteiger partial charge in [-0.15, -0.1) is 0 Å². The highest BCUT2D eigenvalue weighted by Gasteiger charge is 2.25. The average molecular weight is 278 g/mol. The summed E-state index contributed by atoms with van der Waals surface area (Å²) in [7, 11) is 1.75. The predicted molar refractivity (Wildman–Crippen MR) is 71.9 cm³/mol. The molecule has 0 spiro atoms. The molecule has 7 heteroatoms. The quantitative estimate of drug-likeness (QED) is 0.658. The summed E-state index contributed by atoms with van der Waals surface area (Å²) in [4.78, 5) is 21.3. The molecule has 0 aliphatic heterocycles. The van der Waals surface area contributed by atoms with Gasteiger partial charge < -0.3 is 14.8 Å². The fraction of sp³-hybridized carbons (Fsp3) is 0.308. The Morgan fingerprint density at radius 3 is 2.65 bits per heavy atom. The van der Waals surface area contributed by atoms with Gasteiger partial charge in [-0.25, -0.2) is 0 Å². The van der Waals surface area contributed by atoms with Crippen LogP contribution in [0.2, 0.25) is 0 Å². The van der Waals surface area contributed by atoms with Gasteiger partial charge in [0.25, 0.3) is 0 Å². The number of carboxylic acid groups (broad SMARTS) is 1. The third kappa shape index (κ3) is 2.07. The van der Waals surface area contributed by atoms with E-state index in [4.69, 9.17) is 5.11 Å². The number of hydrogen-bond donors (Lipinski definition) is 2. The van der Waals surface area contributed by atoms with Gasteiger partial charge >= 0.3 is 11.7 Å². The lowest BCUT2D eigenvalue weighted by molar-refractivity contribution is -0.384. The molecule has 7 nitrogen and oxygen atoms in total. The summed E-state index contributed by atoms with van der Waals surface area (Å²) < 4.78 is 1.76. The van der Waals surface area contributed by atoms with Crippen LogP contribution in [0.25, 0.3) is 10.9 Å². The summed E-state index contributed by atoms with van der Waals surface area (Å²) >= 11 is 0. The van der Waals surface area contributed by atoms with Crippen LogP contribution >= 0.6 is 0 Å². The van der Waals surface area contributed by atoms with E-state index < -0.39 is 16.6 Å². The van der Waals surface area contributed by atoms with Gasteiger partial charge in [0.15, 0.2) is 5.75 Å². The highest BCUT2D eigenvalue weighted by atomic mass is 16.6. The van der Waals surface area contributed by atoms with Crippen molar-refractivity contribution in [2.75, 3.05) is 0 Å². The topological polar surface area (TPSA) is 106 Å². The van der Waals surface area contributed by atoms with Crippen molar-refractivity contribution >= 4 is 22.6 Å². The lowest BCUT2D eigenvalue weighted by Gasteiger charge is -2.01. The summed E-state index contributed by atoms with van der Waals surface area (Å²) in [6, 6.07) is 2.87. The van der Waals surface area contributed by atoms with E-state index in [2.05, 4.69) is 0 Å². The number of benzene rings is 1. The number of hydrogen-bond acceptors (Lipinski definition) is 4. The van der Waals surface area contributed by atoms with Crippen molar-refractivity contribution in [2.24, 2.45) is 7.05 Å². The van der Waals surface area contributed by atoms with Crippen molar-refractivity contribution in [1.82, 2.24) is 4.57 Å². The molecule has 0 bridgehead atoms. The highest BCUT2D eigenvalue weighted by molar-refractivity contribution is 5.96. The molecule has 0 aliphatic rings. The first-order valence-corrected chi connectivity index (χ1v) is 6.00. The maximum absolute atomic E-state index is 11.2. The van der Waals surface area contributed by atoms with E-state index in [9.17, 15) is 20.0 Å². The standard InChI is InChI=1S/C13H14N2O5/c1-7-8(3-6-11(17)18)12-9(14(7)2)4-5-10(16)13(12)15(19)20/h4-5,16H,3,6H2,1-2H3,(H,17,18). The van der Waals surface area contributed by atoms with Crippen molar-refractivity contribution in [1.29, 1.82) is 0 Å². The molecule has 0 aliphatic carbocycles. The molecule has 0 fully saturated rings. The number of aromatic hydroxyl groups is 1. The van der Waals surface area contributed by atoms with Crippen molar-refractivity contribution in [3.05, 3.63) is 33.5 Å². The van der Waals surface area contributed by atoms with E-state index >= 15 is 0 Å². The maximum atomic E-state index is 11.2. The smallest absolute Gasteiger partial charge is 0.320 e. The molecular formula is C13H14N2O5. The minimum absolute atomic E-state index is 0.118. The van der Waals surface area contributed by atoms with Gasteiger partial charge in [-0.1, -0.05) is 0 Å². The normalized spacial score (nSPS) is 10.9. The van der Waals surface area contributed by atoms with E-state index in [1.807, 2.05) is 0 Å². The van der Waals surface area contributed by atoms with Crippen molar-refractivity contribution in [3.63, 3.8) is 0 Å². The molecular weight excluding hydrogens is 264 g/mol. The zero-order chi connectivity index (χ0) is 15.0. The number of nitro benzene ring substituents is 1. The second kappa shape index (κ2) is 4.84. The van der Waals surface area contributed by atoms with Crippen LogP contribution in [0.1, 0.15) is 17.7 Å². The molecule has 0 saturated heterocycles. The van der Waals surface area contributed by atoms with Crippen LogP contribution < -0.4 is 0 Å². The molecule has 2 rings (SSSR count). The van der Waals surface area contributed by atoms with Crippen LogP contribution in [0, 0.1) is 17.0 Å². The third-order valence-electron chi connectivity index (χ3n) is 3.51. The molecule has 0 unspecified atom stereocenters. The first kappa shape index (κ1) is 13.9. The van der Waals surface area contributed by atoms with Crippen molar-refractivity contribution < 1.29 is 19.9 Å². The molecule has 1 aromatic carbocycles. The van der Waals surface area contributed by atoms with Gasteiger partial charge in [-0.3, -0.25) is 14.9 Å². The number of rotatable bonds is 4. The second-order valence-electron chi connectivity index (χ2n) is 4.60. The first-order valence-electron chi connectivity index (χ1n) is 6.00. The number of carbonyl (C=O) groups is 1. The van der Waals surface area contributed by atoms with E-state index in [-0.39, 0.29) is 18.5 Å². The number of aliphatic carboxylic acids is 1. The Morgan fingerprint density at radius 2 is 2.10 bits per heavy atom. The summed E-state index contributed by atoms with van der Waals surface area (Å²) in [5.41, 5.74) is 1.58. The molecule has 2 aromatic rings. The molecule has 20 heavy (non-hydrogen) atoms. The predicted octanol–water partition coefficient (Wildman–Crippen LogP) is 2.12. The van der Waals surface area contributed by atoms with E-state index in [0.717, 1.165) is 5.69 Å². The summed E-state index contributed by atoms with van der Waals surface area (Å²) in [6.07, 6.45) is 0.0650. The highest BCUT2D eigenvalue weighted by Crippen LogP contribution is 2.39. The Labute approximate surface area is 114 Å². The zero-order valence-corrected chi connectivity index (χ0v) is 11.1. The minimum atomic E-state index is -0.968. The van der Waals surface area contributed by atoms with Crippen LogP contribution in [0.5, 0.6) is 5.75 Å². The number of aromatic nitrogens is 1. The number of carboxylic acids is 1. The monoisotopic (exact) mass is 278 g/mol. The van der Waals surface area contributed by atoms with Crippen molar-refractivity contribution in [3.8, 4) is 5.75 Å². The molecule has 2 N–H and O–H groups in total. The number of nitro groups is 1. The molecule has 0 amide bonds. The lowest BCUT2D eigenvalue weighted by Crippen LogP contribution is -1.99. The van der Waals surface area contributed by atoms with Crippen molar-refractivity contribution in [2.45, 2.75) is 19.8 Å². The van der Waals surface area contributed by atoms with E-state index in [1.54, 1.807) is 24.6 Å². The van der Waals surface area contributed by atoms with Gasteiger partial charge in [0, 0.05) is 19.2 Å². The molecule has 0 atom stereocenters. The molecule has 106 valence electrons. The number of aryl methyl sites for hydroxylation is 2. The lowest BCUT2D eigenvalue weighted by atomic mass is 10.0. The van der Waals surface area contributed by atoms with Gasteiger partial charge in [-0.05, 0) is 31.0 Å². The van der Waals surface area contributed by atoms with E-state index in [1.165, 1.54) is 6.07 Å². The van der Waals surface area contributed by atoms with Crippen LogP contribution in [0.3, 0.4) is 0 Å². The Kier molecular flexibility index (Phi) is 3.35. The first-order chi connectivity index (χ1) is 9.34. The number of phenols is 1. The number of fused-ring (bicyclic) bond motifs is 1. The Hall–Kier alpha value is -2.57. The zero-order valence-electron chi connectivity index (χ0n) is 11.1. The van der Waals surface area contributed by atoms with Gasteiger partial charge in [0.05, 0.1) is 15.8 Å². The second-order valence-corrected chi connectivity index (χ2v) is 4.60. The minimum Gasteiger partial charge on any atom is -0.502 e. The van der Waals surface area contributed by atoms with Crippen LogP contribution in [-0.2, 0) is 18.3 Å². The largest absolute Gasteiger partial charge is 0.502 e. The number of nitrogens with zero attached hydrogens (tertiary/aromatic N) is 2. The van der Waals surface area contributed by atoms with Gasteiger partial charge in [0.2, 0.25) is 0 Å². The molecule has 0 saturated carbocycles. The average Bonchev–Trinajstić information content (AvgIpc) is 2.59. The molecule has 1 heterocycles. The van der Waals surface area contributed by atoms with Crippen LogP contribution in [0.15, 0.2) is 12.1 Å². The maximum Gasteiger partial charge on any atom is 0.320 e. The van der Waals surface area contributed by atoms with E-state index in [0.29, 0.717) is 16.5 Å². The van der Waals surface area contributed by atoms with Crippen LogP contribution in [0.4, 0.5) is 5.69 Å². The molecule has 1 aromatic heterocycles. The SMILES string of the molecule is Cc1c(CCC(=O)O)c2c([N+](=O)[O-])c(O)ccc2n1C. The summed E-state index contributed by atoms with van der Waals surface area (Å²) in [5.74, 6) is -1.38. The fourth-order valence-electron chi connectivity index (χ4n) is 2.43. The fourth-order valence-corrected chi connectivity index (χ4v) is 2.43. The van der Waals surface area contributed by atoms with Gasteiger partial charge in [0.1, 0.15) is 0 Å². The van der Waals surface area contributed by atoms with Gasteiger partial charge in [-0.2, -0.15) is 0 Å². The summed E-state index contributed by atoms with van der Waals surface area (Å²) in [6.45, 7) is 1.78. The third-order valence-corrected chi connectivity index (χ3v) is 3.51. The summed E-state index contributed by atoms with van der Waals surface area (Å²) in [5, 5.41) is 30.0. The van der Waals surface area contributed by atoms with Crippen LogP contribution in [-0.4, -0.2) is 25.7 Å². The number of phenolic OH excluding ortho intramolecular Hbond substituents is 1. The Bertz CT molecular complexity index is 717. The Morgan fingerprint density at radius 1 is 1.45 bits per heavy atom. The molecule has 0 radical (unpaired) electrons.